The number of primary amides is 1. The first-order valence-corrected chi connectivity index (χ1v) is 9.59. The molecule has 4 N–H and O–H groups in total. The Hall–Kier alpha value is -2.36. The molecular weight excluding hydrogens is 390 g/mol. The molecule has 0 unspecified atom stereocenters. The lowest BCUT2D eigenvalue weighted by Crippen LogP contribution is -2.19. The molecule has 0 aliphatic heterocycles. The molecule has 2 rings (SSSR count). The summed E-state index contributed by atoms with van der Waals surface area (Å²) in [6.07, 6.45) is 1.14. The van der Waals surface area contributed by atoms with Crippen LogP contribution in [-0.2, 0) is 4.18 Å². The first-order chi connectivity index (χ1) is 13.3. The van der Waals surface area contributed by atoms with Crippen LogP contribution in [0.1, 0.15) is 22.3 Å². The number of anilines is 2. The highest BCUT2D eigenvalue weighted by Crippen LogP contribution is 2.31. The van der Waals surface area contributed by atoms with E-state index in [1.165, 1.54) is 12.1 Å². The lowest BCUT2D eigenvalue weighted by atomic mass is 10.1. The van der Waals surface area contributed by atoms with Crippen molar-refractivity contribution in [2.24, 2.45) is 5.73 Å². The van der Waals surface area contributed by atoms with Crippen molar-refractivity contribution in [2.75, 3.05) is 24.8 Å². The van der Waals surface area contributed by atoms with Crippen LogP contribution in [-0.4, -0.2) is 36.6 Å². The Kier molecular flexibility index (Phi) is 8.04. The number of aryl methyl sites for hydroxylation is 1. The quantitative estimate of drug-likeness (QED) is 0.517. The van der Waals surface area contributed by atoms with Gasteiger partial charge in [0.25, 0.3) is 5.91 Å². The van der Waals surface area contributed by atoms with Gasteiger partial charge in [0.1, 0.15) is 22.9 Å². The lowest BCUT2D eigenvalue weighted by molar-refractivity contribution is 0.0935. The first kappa shape index (κ1) is 21.9. The molecule has 0 saturated carbocycles. The fraction of sp³-hybridized carbons (Fsp3) is 0.316. The van der Waals surface area contributed by atoms with E-state index < -0.39 is 23.6 Å². The highest BCUT2D eigenvalue weighted by atomic mass is 32.2. The van der Waals surface area contributed by atoms with Crippen molar-refractivity contribution in [1.82, 2.24) is 0 Å². The molecule has 0 aliphatic rings. The summed E-state index contributed by atoms with van der Waals surface area (Å²) in [4.78, 5) is 11.9. The van der Waals surface area contributed by atoms with Crippen molar-refractivity contribution in [1.29, 1.82) is 0 Å². The van der Waals surface area contributed by atoms with Gasteiger partial charge in [-0.2, -0.15) is 0 Å². The average molecular weight is 412 g/mol. The molecule has 28 heavy (non-hydrogen) atoms. The van der Waals surface area contributed by atoms with Crippen LogP contribution in [0.25, 0.3) is 0 Å². The molecule has 9 heteroatoms. The molecule has 0 saturated heterocycles. The van der Waals surface area contributed by atoms with Gasteiger partial charge in [-0.25, -0.2) is 8.78 Å². The largest absolute Gasteiger partial charge is 0.492 e. The Bertz CT molecular complexity index is 836. The van der Waals surface area contributed by atoms with Crippen LogP contribution in [0, 0.1) is 18.6 Å². The van der Waals surface area contributed by atoms with Crippen LogP contribution in [0.3, 0.4) is 0 Å². The van der Waals surface area contributed by atoms with Gasteiger partial charge < -0.3 is 25.1 Å². The number of hydrogen-bond acceptors (Lipinski definition) is 6. The van der Waals surface area contributed by atoms with Crippen LogP contribution in [0.2, 0.25) is 0 Å². The summed E-state index contributed by atoms with van der Waals surface area (Å²) in [7, 11) is 0. The minimum Gasteiger partial charge on any atom is -0.492 e. The third-order valence-electron chi connectivity index (χ3n) is 3.79. The van der Waals surface area contributed by atoms with Crippen molar-refractivity contribution in [3.63, 3.8) is 0 Å². The number of nitrogens with one attached hydrogen (secondary N) is 1. The van der Waals surface area contributed by atoms with E-state index in [2.05, 4.69) is 5.32 Å². The maximum Gasteiger partial charge on any atom is 0.254 e. The highest BCUT2D eigenvalue weighted by Gasteiger charge is 2.19. The summed E-state index contributed by atoms with van der Waals surface area (Å²) in [5, 5.41) is 12.4. The maximum absolute atomic E-state index is 14.1. The molecule has 0 heterocycles. The Balaban J connectivity index is 2.23. The lowest BCUT2D eigenvalue weighted by Gasteiger charge is -2.17. The fourth-order valence-corrected chi connectivity index (χ4v) is 2.74. The van der Waals surface area contributed by atoms with E-state index in [9.17, 15) is 18.7 Å². The van der Waals surface area contributed by atoms with Gasteiger partial charge in [-0.3, -0.25) is 4.79 Å². The third-order valence-corrected chi connectivity index (χ3v) is 4.17. The topological polar surface area (TPSA) is 93.8 Å². The van der Waals surface area contributed by atoms with Gasteiger partial charge in [-0.15, -0.1) is 0 Å². The highest BCUT2D eigenvalue weighted by molar-refractivity contribution is 7.93. The van der Waals surface area contributed by atoms with Gasteiger partial charge >= 0.3 is 0 Å². The van der Waals surface area contributed by atoms with Crippen LogP contribution in [0.4, 0.5) is 20.2 Å². The second kappa shape index (κ2) is 10.3. The molecule has 0 radical (unpaired) electrons. The maximum atomic E-state index is 14.1. The Morgan fingerprint density at radius 1 is 1.29 bits per heavy atom. The number of hydrogen-bond donors (Lipinski definition) is 3. The van der Waals surface area contributed by atoms with E-state index in [0.717, 1.165) is 24.2 Å². The molecular formula is C19H22F2N2O4S. The normalized spacial score (nSPS) is 11.9. The first-order valence-electron chi connectivity index (χ1n) is 8.44. The van der Waals surface area contributed by atoms with Crippen molar-refractivity contribution >= 4 is 29.3 Å². The molecule has 1 atom stereocenters. The zero-order chi connectivity index (χ0) is 20.7. The molecule has 1 amide bonds. The molecule has 0 spiro atoms. The fourth-order valence-electron chi connectivity index (χ4n) is 2.45. The molecule has 152 valence electrons. The number of aliphatic hydroxyl groups is 1. The molecule has 0 aliphatic carbocycles. The molecule has 2 aromatic carbocycles. The summed E-state index contributed by atoms with van der Waals surface area (Å²) < 4.78 is 38.6. The summed E-state index contributed by atoms with van der Waals surface area (Å²) in [5.74, 6) is -2.21. The van der Waals surface area contributed by atoms with E-state index in [0.29, 0.717) is 5.56 Å². The van der Waals surface area contributed by atoms with Gasteiger partial charge in [0, 0.05) is 18.7 Å². The number of aliphatic hydroxyl groups excluding tert-OH is 1. The molecule has 6 nitrogen and oxygen atoms in total. The van der Waals surface area contributed by atoms with Crippen LogP contribution in [0.5, 0.6) is 5.75 Å². The Labute approximate surface area is 166 Å². The van der Waals surface area contributed by atoms with E-state index in [1.807, 2.05) is 0 Å². The van der Waals surface area contributed by atoms with E-state index >= 15 is 0 Å². The molecule has 2 aromatic rings. The number of nitrogens with two attached hydrogens (primary N) is 1. The monoisotopic (exact) mass is 412 g/mol. The van der Waals surface area contributed by atoms with Crippen molar-refractivity contribution in [2.45, 2.75) is 19.4 Å². The predicted molar refractivity (Wildman–Crippen MR) is 105 cm³/mol. The average Bonchev–Trinajstić information content (AvgIpc) is 2.61. The summed E-state index contributed by atoms with van der Waals surface area (Å²) in [6, 6.07) is 6.50. The molecule has 0 fully saturated rings. The smallest absolute Gasteiger partial charge is 0.254 e. The van der Waals surface area contributed by atoms with Crippen molar-refractivity contribution < 1.29 is 27.6 Å². The van der Waals surface area contributed by atoms with E-state index in [1.54, 1.807) is 19.2 Å². The molecule has 0 bridgehead atoms. The summed E-state index contributed by atoms with van der Waals surface area (Å²) in [6.45, 7) is 1.84. The van der Waals surface area contributed by atoms with Gasteiger partial charge in [0.05, 0.1) is 30.7 Å². The van der Waals surface area contributed by atoms with E-state index in [4.69, 9.17) is 14.7 Å². The zero-order valence-electron chi connectivity index (χ0n) is 15.5. The van der Waals surface area contributed by atoms with Gasteiger partial charge in [-0.1, -0.05) is 6.07 Å². The standard InChI is InChI=1S/C19H22F2N2O4S/c1-11-3-4-15(14(21)7-11)23-16-8-12(20)9-17(18(16)19(22)25)26-6-5-13(24)10-27-28-2/h3-4,7-9,13,23-24H,5-6,10H2,1-2H3,(H2,22,25)/t13-/m1/s1. The zero-order valence-corrected chi connectivity index (χ0v) is 16.3. The third kappa shape index (κ3) is 6.08. The molecule has 0 aromatic heterocycles. The number of carbonyl (C=O) groups excluding carboxylic acids is 1. The van der Waals surface area contributed by atoms with Gasteiger partial charge in [-0.05, 0) is 42.7 Å². The van der Waals surface area contributed by atoms with Crippen molar-refractivity contribution in [3.05, 3.63) is 53.1 Å². The number of benzene rings is 2. The van der Waals surface area contributed by atoms with E-state index in [-0.39, 0.29) is 42.3 Å². The summed E-state index contributed by atoms with van der Waals surface area (Å²) in [5.41, 5.74) is 6.08. The minimum atomic E-state index is -0.865. The van der Waals surface area contributed by atoms with Crippen LogP contribution >= 0.6 is 12.0 Å². The van der Waals surface area contributed by atoms with Crippen LogP contribution in [0.15, 0.2) is 30.3 Å². The Morgan fingerprint density at radius 3 is 2.68 bits per heavy atom. The SMILES string of the molecule is CSOC[C@H](O)CCOc1cc(F)cc(Nc2ccc(C)cc2F)c1C(N)=O. The minimum absolute atomic E-state index is 0.000966. The van der Waals surface area contributed by atoms with Crippen LogP contribution < -0.4 is 15.8 Å². The number of amides is 1. The van der Waals surface area contributed by atoms with Gasteiger partial charge in [0.2, 0.25) is 0 Å². The number of carbonyl (C=O) groups is 1. The second-order valence-electron chi connectivity index (χ2n) is 6.04. The summed E-state index contributed by atoms with van der Waals surface area (Å²) >= 11 is 1.12. The number of rotatable bonds is 10. The van der Waals surface area contributed by atoms with Crippen molar-refractivity contribution in [3.8, 4) is 5.75 Å². The second-order valence-corrected chi connectivity index (χ2v) is 6.61. The number of ether oxygens (including phenoxy) is 1. The number of halogens is 2. The Morgan fingerprint density at radius 2 is 2.04 bits per heavy atom. The predicted octanol–water partition coefficient (Wildman–Crippen LogP) is 3.54. The van der Waals surface area contributed by atoms with Gasteiger partial charge in [0.15, 0.2) is 0 Å².